The van der Waals surface area contributed by atoms with E-state index in [1.54, 1.807) is 24.3 Å². The summed E-state index contributed by atoms with van der Waals surface area (Å²) >= 11 is 0. The Kier molecular flexibility index (Phi) is 4.02. The van der Waals surface area contributed by atoms with E-state index >= 15 is 0 Å². The van der Waals surface area contributed by atoms with Crippen LogP contribution < -0.4 is 4.74 Å². The van der Waals surface area contributed by atoms with Crippen molar-refractivity contribution >= 4 is 11.9 Å². The van der Waals surface area contributed by atoms with Crippen LogP contribution in [-0.2, 0) is 9.53 Å². The lowest BCUT2D eigenvalue weighted by Gasteiger charge is -2.23. The van der Waals surface area contributed by atoms with Crippen LogP contribution in [0.15, 0.2) is 24.3 Å². The molecular weight excluding hydrogens is 286 g/mol. The maximum atomic E-state index is 12.6. The lowest BCUT2D eigenvalue weighted by atomic mass is 10.1. The third-order valence-electron chi connectivity index (χ3n) is 4.15. The standard InChI is InChI=1S/C16H19NO5/c18-14(19)9-22-13-3-1-12(2-4-13)15(20)17-7-8-21-11-16(10-17)5-6-16/h1-4H,5-11H2,(H,18,19). The summed E-state index contributed by atoms with van der Waals surface area (Å²) in [5.74, 6) is -0.599. The van der Waals surface area contributed by atoms with Crippen LogP contribution in [0.2, 0.25) is 0 Å². The Balaban J connectivity index is 1.65. The van der Waals surface area contributed by atoms with Gasteiger partial charge in [0.25, 0.3) is 5.91 Å². The summed E-state index contributed by atoms with van der Waals surface area (Å²) in [6, 6.07) is 6.59. The van der Waals surface area contributed by atoms with Gasteiger partial charge in [-0.2, -0.15) is 0 Å². The molecule has 1 aromatic rings. The Labute approximate surface area is 128 Å². The molecule has 2 fully saturated rings. The molecule has 6 heteroatoms. The average Bonchev–Trinajstić information content (AvgIpc) is 3.31. The van der Waals surface area contributed by atoms with E-state index in [0.29, 0.717) is 24.5 Å². The molecule has 0 unspecified atom stereocenters. The number of carboxylic acids is 1. The quantitative estimate of drug-likeness (QED) is 0.910. The number of carboxylic acid groups (broad SMARTS) is 1. The van der Waals surface area contributed by atoms with Crippen LogP contribution in [0.25, 0.3) is 0 Å². The molecule has 0 bridgehead atoms. The van der Waals surface area contributed by atoms with Gasteiger partial charge in [-0.25, -0.2) is 4.79 Å². The smallest absolute Gasteiger partial charge is 0.341 e. The summed E-state index contributed by atoms with van der Waals surface area (Å²) in [6.45, 7) is 2.30. The fraction of sp³-hybridized carbons (Fsp3) is 0.500. The van der Waals surface area contributed by atoms with Crippen LogP contribution in [0.4, 0.5) is 0 Å². The molecule has 1 saturated carbocycles. The minimum absolute atomic E-state index is 0.0124. The molecule has 1 aliphatic carbocycles. The van der Waals surface area contributed by atoms with E-state index in [-0.39, 0.29) is 17.9 Å². The Bertz CT molecular complexity index is 564. The first-order valence-corrected chi connectivity index (χ1v) is 7.40. The molecule has 3 rings (SSSR count). The molecule has 1 aromatic carbocycles. The molecule has 1 amide bonds. The van der Waals surface area contributed by atoms with Crippen molar-refractivity contribution in [2.45, 2.75) is 12.8 Å². The average molecular weight is 305 g/mol. The van der Waals surface area contributed by atoms with Crippen molar-refractivity contribution in [2.24, 2.45) is 5.41 Å². The van der Waals surface area contributed by atoms with E-state index in [0.717, 1.165) is 26.0 Å². The highest BCUT2D eigenvalue weighted by molar-refractivity contribution is 5.94. The molecule has 0 atom stereocenters. The van der Waals surface area contributed by atoms with Gasteiger partial charge in [0.1, 0.15) is 5.75 Å². The van der Waals surface area contributed by atoms with Crippen LogP contribution in [0.3, 0.4) is 0 Å². The second kappa shape index (κ2) is 5.96. The van der Waals surface area contributed by atoms with E-state index in [2.05, 4.69) is 0 Å². The Morgan fingerprint density at radius 1 is 1.27 bits per heavy atom. The summed E-state index contributed by atoms with van der Waals surface area (Å²) in [7, 11) is 0. The summed E-state index contributed by atoms with van der Waals surface area (Å²) in [5, 5.41) is 8.57. The van der Waals surface area contributed by atoms with Gasteiger partial charge in [0.15, 0.2) is 6.61 Å². The fourth-order valence-electron chi connectivity index (χ4n) is 2.67. The van der Waals surface area contributed by atoms with E-state index in [4.69, 9.17) is 14.6 Å². The molecule has 2 aliphatic rings. The SMILES string of the molecule is O=C(O)COc1ccc(C(=O)N2CCOCC3(CC3)C2)cc1. The van der Waals surface area contributed by atoms with Crippen LogP contribution in [0.5, 0.6) is 5.75 Å². The van der Waals surface area contributed by atoms with Crippen LogP contribution in [-0.4, -0.2) is 54.8 Å². The molecule has 118 valence electrons. The molecule has 1 saturated heterocycles. The largest absolute Gasteiger partial charge is 0.482 e. The highest BCUT2D eigenvalue weighted by Crippen LogP contribution is 2.47. The van der Waals surface area contributed by atoms with Crippen LogP contribution >= 0.6 is 0 Å². The monoisotopic (exact) mass is 305 g/mol. The topological polar surface area (TPSA) is 76.1 Å². The maximum absolute atomic E-state index is 12.6. The molecule has 1 spiro atoms. The molecule has 22 heavy (non-hydrogen) atoms. The molecule has 1 heterocycles. The van der Waals surface area contributed by atoms with E-state index in [9.17, 15) is 9.59 Å². The second-order valence-electron chi connectivity index (χ2n) is 5.99. The number of aliphatic carboxylic acids is 1. The van der Waals surface area contributed by atoms with Gasteiger partial charge in [-0.1, -0.05) is 0 Å². The molecule has 6 nitrogen and oxygen atoms in total. The third kappa shape index (κ3) is 3.39. The second-order valence-corrected chi connectivity index (χ2v) is 5.99. The van der Waals surface area contributed by atoms with Gasteiger partial charge in [-0.15, -0.1) is 0 Å². The predicted molar refractivity (Wildman–Crippen MR) is 78.0 cm³/mol. The number of rotatable bonds is 4. The van der Waals surface area contributed by atoms with Gasteiger partial charge in [-0.05, 0) is 37.1 Å². The van der Waals surface area contributed by atoms with E-state index in [1.807, 2.05) is 4.90 Å². The first kappa shape index (κ1) is 14.8. The lowest BCUT2D eigenvalue weighted by molar-refractivity contribution is -0.139. The minimum atomic E-state index is -1.03. The first-order valence-electron chi connectivity index (χ1n) is 7.40. The van der Waals surface area contributed by atoms with Crippen molar-refractivity contribution in [1.82, 2.24) is 4.90 Å². The summed E-state index contributed by atoms with van der Waals surface area (Å²) in [5.41, 5.74) is 0.761. The van der Waals surface area contributed by atoms with Crippen molar-refractivity contribution in [1.29, 1.82) is 0 Å². The minimum Gasteiger partial charge on any atom is -0.482 e. The highest BCUT2D eigenvalue weighted by Gasteiger charge is 2.46. The fourth-order valence-corrected chi connectivity index (χ4v) is 2.67. The zero-order valence-electron chi connectivity index (χ0n) is 12.3. The predicted octanol–water partition coefficient (Wildman–Crippen LogP) is 1.40. The number of ether oxygens (including phenoxy) is 2. The number of hydrogen-bond acceptors (Lipinski definition) is 4. The number of nitrogens with zero attached hydrogens (tertiary/aromatic N) is 1. The third-order valence-corrected chi connectivity index (χ3v) is 4.15. The van der Waals surface area contributed by atoms with Gasteiger partial charge in [0.05, 0.1) is 13.2 Å². The Morgan fingerprint density at radius 2 is 2.00 bits per heavy atom. The zero-order chi connectivity index (χ0) is 15.6. The summed E-state index contributed by atoms with van der Waals surface area (Å²) in [6.07, 6.45) is 2.25. The van der Waals surface area contributed by atoms with Crippen LogP contribution in [0, 0.1) is 5.41 Å². The first-order chi connectivity index (χ1) is 10.6. The van der Waals surface area contributed by atoms with Gasteiger partial charge in [0, 0.05) is 24.1 Å². The van der Waals surface area contributed by atoms with Gasteiger partial charge in [-0.3, -0.25) is 4.79 Å². The van der Waals surface area contributed by atoms with E-state index in [1.165, 1.54) is 0 Å². The van der Waals surface area contributed by atoms with Crippen LogP contribution in [0.1, 0.15) is 23.2 Å². The van der Waals surface area contributed by atoms with E-state index < -0.39 is 5.97 Å². The van der Waals surface area contributed by atoms with Gasteiger partial charge >= 0.3 is 5.97 Å². The molecular formula is C16H19NO5. The summed E-state index contributed by atoms with van der Waals surface area (Å²) < 4.78 is 10.7. The van der Waals surface area contributed by atoms with Gasteiger partial charge < -0.3 is 19.5 Å². The Morgan fingerprint density at radius 3 is 2.64 bits per heavy atom. The summed E-state index contributed by atoms with van der Waals surface area (Å²) in [4.78, 5) is 24.9. The number of benzene rings is 1. The maximum Gasteiger partial charge on any atom is 0.341 e. The van der Waals surface area contributed by atoms with Crippen molar-refractivity contribution < 1.29 is 24.2 Å². The van der Waals surface area contributed by atoms with Gasteiger partial charge in [0.2, 0.25) is 0 Å². The Hall–Kier alpha value is -2.08. The molecule has 0 aromatic heterocycles. The molecule has 0 radical (unpaired) electrons. The number of amides is 1. The number of carbonyl (C=O) groups excluding carboxylic acids is 1. The van der Waals surface area contributed by atoms with Crippen molar-refractivity contribution in [3.63, 3.8) is 0 Å². The van der Waals surface area contributed by atoms with Crippen molar-refractivity contribution in [3.05, 3.63) is 29.8 Å². The zero-order valence-corrected chi connectivity index (χ0v) is 12.3. The number of carbonyl (C=O) groups is 2. The normalized spacial score (nSPS) is 19.5. The molecule has 1 aliphatic heterocycles. The van der Waals surface area contributed by atoms with Crippen molar-refractivity contribution in [3.8, 4) is 5.75 Å². The van der Waals surface area contributed by atoms with Crippen molar-refractivity contribution in [2.75, 3.05) is 32.9 Å². The highest BCUT2D eigenvalue weighted by atomic mass is 16.5. The molecule has 1 N–H and O–H groups in total. The lowest BCUT2D eigenvalue weighted by Crippen LogP contribution is -2.36. The number of hydrogen-bond donors (Lipinski definition) is 1.